The average Bonchev–Trinajstić information content (AvgIpc) is 3.21. The smallest absolute Gasteiger partial charge is 0.254 e. The predicted molar refractivity (Wildman–Crippen MR) is 134 cm³/mol. The topological polar surface area (TPSA) is 8.29 Å². The van der Waals surface area contributed by atoms with Crippen molar-refractivity contribution >= 4 is 27.1 Å². The van der Waals surface area contributed by atoms with E-state index in [1.807, 2.05) is 0 Å². The zero-order chi connectivity index (χ0) is 21.8. The quantitative estimate of drug-likeness (QED) is 0.254. The maximum absolute atomic E-state index is 2.33. The summed E-state index contributed by atoms with van der Waals surface area (Å²) in [7, 11) is 0. The van der Waals surface area contributed by atoms with Gasteiger partial charge >= 0.3 is 0 Å². The van der Waals surface area contributed by atoms with Crippen LogP contribution in [0.5, 0.6) is 0 Å². The Kier molecular flexibility index (Phi) is 5.30. The summed E-state index contributed by atoms with van der Waals surface area (Å²) < 4.78 is 4.58. The molecule has 33 heavy (non-hydrogen) atoms. The second-order valence-corrected chi connectivity index (χ2v) is 8.80. The highest BCUT2D eigenvalue weighted by Crippen LogP contribution is 2.35. The molecule has 0 saturated carbocycles. The Morgan fingerprint density at radius 1 is 0.667 bits per heavy atom. The zero-order valence-corrected chi connectivity index (χ0v) is 20.6. The third-order valence-electron chi connectivity index (χ3n) is 6.51. The third kappa shape index (κ3) is 3.44. The van der Waals surface area contributed by atoms with Gasteiger partial charge in [-0.15, -0.1) is 0 Å². The van der Waals surface area contributed by atoms with E-state index in [9.17, 15) is 0 Å². The minimum Gasteiger partial charge on any atom is -1.00 e. The van der Waals surface area contributed by atoms with Crippen LogP contribution in [-0.2, 0) is 0 Å². The highest BCUT2D eigenvalue weighted by Gasteiger charge is 2.19. The molecule has 0 saturated heterocycles. The standard InChI is InChI=1S/C30H25N2.BrH/c1-20-15-21(2)30(22(3)16-20)31-18-24-10-8-14-29(32(24)19-31)28-17-23-9-4-5-11-25(23)26-12-6-7-13-27(26)28;/h4-19H,1-3H3;1H/q+1;/p-1. The molecule has 4 aromatic carbocycles. The SMILES string of the molecule is Cc1cc(C)c(-[n+]2cc3cccc(-c4cc5ccccc5c5ccccc45)n3c2)c(C)c1.[Br-]. The Bertz CT molecular complexity index is 1640. The lowest BCUT2D eigenvalue weighted by atomic mass is 9.95. The van der Waals surface area contributed by atoms with Crippen molar-refractivity contribution in [3.63, 3.8) is 0 Å². The first-order valence-electron chi connectivity index (χ1n) is 11.1. The van der Waals surface area contributed by atoms with Crippen LogP contribution in [0.4, 0.5) is 0 Å². The summed E-state index contributed by atoms with van der Waals surface area (Å²) in [5.74, 6) is 0. The summed E-state index contributed by atoms with van der Waals surface area (Å²) in [6, 6.07) is 30.8. The van der Waals surface area contributed by atoms with E-state index in [0.717, 1.165) is 0 Å². The molecule has 2 aromatic heterocycles. The van der Waals surface area contributed by atoms with Gasteiger partial charge in [0.25, 0.3) is 6.33 Å². The molecule has 0 fully saturated rings. The van der Waals surface area contributed by atoms with Gasteiger partial charge in [-0.2, -0.15) is 4.40 Å². The maximum Gasteiger partial charge on any atom is 0.254 e. The van der Waals surface area contributed by atoms with Crippen molar-refractivity contribution < 1.29 is 21.5 Å². The van der Waals surface area contributed by atoms with Crippen molar-refractivity contribution in [1.29, 1.82) is 0 Å². The zero-order valence-electron chi connectivity index (χ0n) is 19.0. The molecule has 2 nitrogen and oxygen atoms in total. The Hall–Kier alpha value is -3.43. The number of aryl methyl sites for hydroxylation is 3. The number of fused-ring (bicyclic) bond motifs is 4. The van der Waals surface area contributed by atoms with Gasteiger partial charge in [-0.05, 0) is 71.6 Å². The number of halogens is 1. The van der Waals surface area contributed by atoms with Gasteiger partial charge in [0, 0.05) is 5.56 Å². The fourth-order valence-corrected chi connectivity index (χ4v) is 5.26. The van der Waals surface area contributed by atoms with Crippen molar-refractivity contribution in [1.82, 2.24) is 4.40 Å². The molecule has 2 heterocycles. The summed E-state index contributed by atoms with van der Waals surface area (Å²) in [5.41, 5.74) is 8.78. The summed E-state index contributed by atoms with van der Waals surface area (Å²) in [4.78, 5) is 0. The number of hydrogen-bond donors (Lipinski definition) is 0. The predicted octanol–water partition coefficient (Wildman–Crippen LogP) is 4.12. The first-order chi connectivity index (χ1) is 15.6. The van der Waals surface area contributed by atoms with Crippen LogP contribution in [0.25, 0.3) is 44.0 Å². The lowest BCUT2D eigenvalue weighted by Gasteiger charge is -2.10. The van der Waals surface area contributed by atoms with E-state index < -0.39 is 0 Å². The molecule has 3 heteroatoms. The number of aromatic nitrogens is 2. The van der Waals surface area contributed by atoms with Gasteiger partial charge in [0.15, 0.2) is 5.52 Å². The van der Waals surface area contributed by atoms with Gasteiger partial charge in [0.1, 0.15) is 17.6 Å². The first kappa shape index (κ1) is 21.4. The largest absolute Gasteiger partial charge is 1.00 e. The Morgan fingerprint density at radius 3 is 2.09 bits per heavy atom. The second-order valence-electron chi connectivity index (χ2n) is 8.80. The minimum absolute atomic E-state index is 0. The summed E-state index contributed by atoms with van der Waals surface area (Å²) in [5, 5.41) is 5.14. The van der Waals surface area contributed by atoms with Crippen LogP contribution in [0.1, 0.15) is 16.7 Å². The van der Waals surface area contributed by atoms with Crippen molar-refractivity contribution in [2.24, 2.45) is 0 Å². The number of hydrogen-bond acceptors (Lipinski definition) is 0. The van der Waals surface area contributed by atoms with Crippen LogP contribution < -0.4 is 21.5 Å². The normalized spacial score (nSPS) is 11.2. The lowest BCUT2D eigenvalue weighted by molar-refractivity contribution is -0.594. The summed E-state index contributed by atoms with van der Waals surface area (Å²) in [6.07, 6.45) is 4.46. The van der Waals surface area contributed by atoms with Crippen LogP contribution >= 0.6 is 0 Å². The Labute approximate surface area is 204 Å². The second kappa shape index (κ2) is 8.17. The molecule has 0 aliphatic rings. The van der Waals surface area contributed by atoms with Gasteiger partial charge in [-0.3, -0.25) is 0 Å². The van der Waals surface area contributed by atoms with Crippen LogP contribution in [0.15, 0.2) is 97.5 Å². The molecule has 0 spiro atoms. The monoisotopic (exact) mass is 492 g/mol. The fourth-order valence-electron chi connectivity index (χ4n) is 5.26. The van der Waals surface area contributed by atoms with E-state index in [1.54, 1.807) is 0 Å². The molecule has 0 bridgehead atoms. The molecule has 162 valence electrons. The summed E-state index contributed by atoms with van der Waals surface area (Å²) in [6.45, 7) is 6.55. The van der Waals surface area contributed by atoms with Crippen LogP contribution in [0, 0.1) is 20.8 Å². The van der Waals surface area contributed by atoms with E-state index >= 15 is 0 Å². The van der Waals surface area contributed by atoms with Crippen molar-refractivity contribution in [2.75, 3.05) is 0 Å². The molecule has 0 unspecified atom stereocenters. The number of benzene rings is 4. The number of nitrogens with zero attached hydrogens (tertiary/aromatic N) is 2. The molecule has 0 N–H and O–H groups in total. The number of pyridine rings is 1. The van der Waals surface area contributed by atoms with E-state index in [0.29, 0.717) is 0 Å². The van der Waals surface area contributed by atoms with E-state index in [4.69, 9.17) is 0 Å². The third-order valence-corrected chi connectivity index (χ3v) is 6.51. The molecule has 6 aromatic rings. The van der Waals surface area contributed by atoms with Gasteiger partial charge in [0.2, 0.25) is 0 Å². The van der Waals surface area contributed by atoms with Gasteiger partial charge in [-0.1, -0.05) is 72.3 Å². The number of rotatable bonds is 2. The molecule has 0 aliphatic heterocycles. The van der Waals surface area contributed by atoms with Gasteiger partial charge in [0.05, 0.1) is 0 Å². The van der Waals surface area contributed by atoms with E-state index in [1.165, 1.54) is 60.7 Å². The maximum atomic E-state index is 2.33. The number of imidazole rings is 1. The summed E-state index contributed by atoms with van der Waals surface area (Å²) >= 11 is 0. The Balaban J connectivity index is 0.00000228. The molecule has 0 radical (unpaired) electrons. The lowest BCUT2D eigenvalue weighted by Crippen LogP contribution is -3.00. The van der Waals surface area contributed by atoms with Gasteiger partial charge < -0.3 is 17.0 Å². The molecular formula is C30H25BrN2. The van der Waals surface area contributed by atoms with Crippen molar-refractivity contribution in [3.05, 3.63) is 114 Å². The highest BCUT2D eigenvalue weighted by atomic mass is 79.9. The Morgan fingerprint density at radius 2 is 1.33 bits per heavy atom. The van der Waals surface area contributed by atoms with Crippen LogP contribution in [0.2, 0.25) is 0 Å². The van der Waals surface area contributed by atoms with Crippen LogP contribution in [0.3, 0.4) is 0 Å². The van der Waals surface area contributed by atoms with E-state index in [2.05, 4.69) is 127 Å². The first-order valence-corrected chi connectivity index (χ1v) is 11.1. The molecule has 0 amide bonds. The average molecular weight is 493 g/mol. The molecular weight excluding hydrogens is 468 g/mol. The van der Waals surface area contributed by atoms with E-state index in [-0.39, 0.29) is 17.0 Å². The molecule has 6 rings (SSSR count). The van der Waals surface area contributed by atoms with Crippen LogP contribution in [-0.4, -0.2) is 4.40 Å². The van der Waals surface area contributed by atoms with Crippen molar-refractivity contribution in [2.45, 2.75) is 20.8 Å². The van der Waals surface area contributed by atoms with Gasteiger partial charge in [-0.25, -0.2) is 4.57 Å². The molecule has 0 atom stereocenters. The molecule has 0 aliphatic carbocycles. The minimum atomic E-state index is 0. The van der Waals surface area contributed by atoms with Crippen molar-refractivity contribution in [3.8, 4) is 16.9 Å². The highest BCUT2D eigenvalue weighted by molar-refractivity contribution is 6.13. The fraction of sp³-hybridized carbons (Fsp3) is 0.100.